The molecule has 0 amide bonds. The molecule has 0 aliphatic heterocycles. The fourth-order valence-corrected chi connectivity index (χ4v) is 3.15. The van der Waals surface area contributed by atoms with Crippen LogP contribution in [-0.2, 0) is 36.7 Å². The molecule has 0 heterocycles. The maximum atomic E-state index is 2.38. The number of rotatable bonds is 0. The Morgan fingerprint density at radius 3 is 2.05 bits per heavy atom. The van der Waals surface area contributed by atoms with E-state index in [0.717, 1.165) is 0 Å². The van der Waals surface area contributed by atoms with Crippen molar-refractivity contribution in [3.05, 3.63) is 53.6 Å². The van der Waals surface area contributed by atoms with Gasteiger partial charge in [0.05, 0.1) is 0 Å². The van der Waals surface area contributed by atoms with Crippen molar-refractivity contribution in [3.63, 3.8) is 0 Å². The number of hydrogen-bond acceptors (Lipinski definition) is 0. The van der Waals surface area contributed by atoms with E-state index >= 15 is 0 Å². The first kappa shape index (κ1) is 17.5. The fraction of sp³-hybridized carbons (Fsp3) is 0.381. The average Bonchev–Trinajstić information content (AvgIpc) is 2.73. The second-order valence-electron chi connectivity index (χ2n) is 8.21. The van der Waals surface area contributed by atoms with E-state index in [2.05, 4.69) is 84.0 Å². The van der Waals surface area contributed by atoms with Gasteiger partial charge in [-0.15, -0.1) is 33.7 Å². The third-order valence-corrected chi connectivity index (χ3v) is 4.42. The van der Waals surface area contributed by atoms with Crippen LogP contribution in [0.5, 0.6) is 0 Å². The molecule has 0 fully saturated rings. The molecular formula is C21H25Hf-. The Hall–Kier alpha value is -0.820. The average molecular weight is 456 g/mol. The van der Waals surface area contributed by atoms with Gasteiger partial charge in [-0.25, -0.2) is 0 Å². The minimum absolute atomic E-state index is 0. The second kappa shape index (κ2) is 5.67. The first-order valence-corrected chi connectivity index (χ1v) is 7.81. The molecule has 0 nitrogen and oxygen atoms in total. The first-order valence-electron chi connectivity index (χ1n) is 7.81. The SMILES string of the molecule is CC(C)(C)c1ccc2[cH-]c3c(C(C)(C)C)cccc3c2c1.[Hf]. The Kier molecular flexibility index (Phi) is 4.52. The number of benzene rings is 2. The summed E-state index contributed by atoms with van der Waals surface area (Å²) in [6, 6.07) is 16.0. The monoisotopic (exact) mass is 457 g/mol. The van der Waals surface area contributed by atoms with Crippen LogP contribution in [0.3, 0.4) is 0 Å². The van der Waals surface area contributed by atoms with E-state index in [1.165, 1.54) is 32.7 Å². The Morgan fingerprint density at radius 2 is 1.45 bits per heavy atom. The van der Waals surface area contributed by atoms with Crippen molar-refractivity contribution < 1.29 is 25.8 Å². The summed E-state index contributed by atoms with van der Waals surface area (Å²) < 4.78 is 0. The summed E-state index contributed by atoms with van der Waals surface area (Å²) in [5.41, 5.74) is 3.22. The third-order valence-electron chi connectivity index (χ3n) is 4.42. The Labute approximate surface area is 153 Å². The summed E-state index contributed by atoms with van der Waals surface area (Å²) in [7, 11) is 0. The first-order chi connectivity index (χ1) is 9.68. The molecule has 3 aromatic carbocycles. The van der Waals surface area contributed by atoms with Gasteiger partial charge in [0.25, 0.3) is 0 Å². The normalized spacial score (nSPS) is 12.6. The van der Waals surface area contributed by atoms with E-state index in [0.29, 0.717) is 0 Å². The standard InChI is InChI=1S/C21H25.Hf/c1-20(2,3)15-11-10-14-12-18-16(17(14)13-15)8-7-9-19(18)21(4,5)6;/h7-13H,1-6H3;/q-1;. The van der Waals surface area contributed by atoms with Crippen LogP contribution in [-0.4, -0.2) is 0 Å². The Bertz CT molecular complexity index is 807. The van der Waals surface area contributed by atoms with Gasteiger partial charge >= 0.3 is 0 Å². The summed E-state index contributed by atoms with van der Waals surface area (Å²) >= 11 is 0. The van der Waals surface area contributed by atoms with Crippen molar-refractivity contribution in [3.8, 4) is 0 Å². The van der Waals surface area contributed by atoms with Gasteiger partial charge in [0, 0.05) is 25.8 Å². The second-order valence-corrected chi connectivity index (χ2v) is 8.21. The van der Waals surface area contributed by atoms with Crippen LogP contribution in [0.2, 0.25) is 0 Å². The topological polar surface area (TPSA) is 0 Å². The minimum atomic E-state index is 0. The molecular weight excluding hydrogens is 431 g/mol. The van der Waals surface area contributed by atoms with E-state index < -0.39 is 0 Å². The van der Waals surface area contributed by atoms with Crippen molar-refractivity contribution in [1.82, 2.24) is 0 Å². The largest absolute Gasteiger partial charge is 0.126 e. The van der Waals surface area contributed by atoms with Gasteiger partial charge in [-0.05, 0) is 10.8 Å². The van der Waals surface area contributed by atoms with Crippen LogP contribution in [0.4, 0.5) is 0 Å². The predicted molar refractivity (Wildman–Crippen MR) is 94.4 cm³/mol. The van der Waals surface area contributed by atoms with E-state index in [1.54, 1.807) is 0 Å². The number of fused-ring (bicyclic) bond motifs is 3. The van der Waals surface area contributed by atoms with E-state index in [4.69, 9.17) is 0 Å². The maximum absolute atomic E-state index is 2.38. The molecule has 0 bridgehead atoms. The summed E-state index contributed by atoms with van der Waals surface area (Å²) in [6.07, 6.45) is 0. The molecule has 0 saturated carbocycles. The molecule has 0 unspecified atom stereocenters. The zero-order chi connectivity index (χ0) is 15.4. The predicted octanol–water partition coefficient (Wildman–Crippen LogP) is 6.30. The summed E-state index contributed by atoms with van der Waals surface area (Å²) in [6.45, 7) is 13.7. The Morgan fingerprint density at radius 1 is 0.773 bits per heavy atom. The molecule has 0 N–H and O–H groups in total. The third kappa shape index (κ3) is 2.97. The minimum Gasteiger partial charge on any atom is -0.126 e. The van der Waals surface area contributed by atoms with Gasteiger partial charge in [-0.1, -0.05) is 83.0 Å². The molecule has 0 aromatic heterocycles. The van der Waals surface area contributed by atoms with Gasteiger partial charge in [0.15, 0.2) is 0 Å². The molecule has 0 aliphatic rings. The van der Waals surface area contributed by atoms with Crippen molar-refractivity contribution in [1.29, 1.82) is 0 Å². The molecule has 0 atom stereocenters. The van der Waals surface area contributed by atoms with Crippen LogP contribution < -0.4 is 0 Å². The number of hydrogen-bond donors (Lipinski definition) is 0. The van der Waals surface area contributed by atoms with Gasteiger partial charge < -0.3 is 0 Å². The quantitative estimate of drug-likeness (QED) is 0.275. The fourth-order valence-electron chi connectivity index (χ4n) is 3.15. The van der Waals surface area contributed by atoms with Crippen LogP contribution in [0.1, 0.15) is 52.7 Å². The van der Waals surface area contributed by atoms with Crippen LogP contribution >= 0.6 is 0 Å². The summed E-state index contributed by atoms with van der Waals surface area (Å²) in [4.78, 5) is 0. The molecule has 0 spiro atoms. The molecule has 1 heteroatoms. The molecule has 3 aromatic rings. The van der Waals surface area contributed by atoms with Gasteiger partial charge in [-0.2, -0.15) is 0 Å². The summed E-state index contributed by atoms with van der Waals surface area (Å²) in [5, 5.41) is 5.55. The smallest absolute Gasteiger partial charge is 0 e. The van der Waals surface area contributed by atoms with E-state index in [-0.39, 0.29) is 36.7 Å². The van der Waals surface area contributed by atoms with Crippen molar-refractivity contribution >= 4 is 21.5 Å². The molecule has 0 saturated heterocycles. The van der Waals surface area contributed by atoms with Crippen LogP contribution in [0.15, 0.2) is 42.5 Å². The zero-order valence-electron chi connectivity index (χ0n) is 14.5. The van der Waals surface area contributed by atoms with Crippen LogP contribution in [0.25, 0.3) is 21.5 Å². The zero-order valence-corrected chi connectivity index (χ0v) is 18.1. The molecule has 22 heavy (non-hydrogen) atoms. The van der Waals surface area contributed by atoms with E-state index in [9.17, 15) is 0 Å². The van der Waals surface area contributed by atoms with Crippen molar-refractivity contribution in [2.45, 2.75) is 52.4 Å². The maximum Gasteiger partial charge on any atom is 0 e. The Balaban J connectivity index is 0.00000176. The van der Waals surface area contributed by atoms with Crippen molar-refractivity contribution in [2.24, 2.45) is 0 Å². The van der Waals surface area contributed by atoms with E-state index in [1.807, 2.05) is 0 Å². The van der Waals surface area contributed by atoms with Crippen LogP contribution in [0, 0.1) is 0 Å². The van der Waals surface area contributed by atoms with Crippen molar-refractivity contribution in [2.75, 3.05) is 0 Å². The molecule has 0 radical (unpaired) electrons. The van der Waals surface area contributed by atoms with Gasteiger partial charge in [0.1, 0.15) is 0 Å². The summed E-state index contributed by atoms with van der Waals surface area (Å²) in [5.74, 6) is 0. The molecule has 0 aliphatic carbocycles. The van der Waals surface area contributed by atoms with Gasteiger partial charge in [0.2, 0.25) is 0 Å². The molecule has 3 rings (SSSR count). The van der Waals surface area contributed by atoms with Gasteiger partial charge in [-0.3, -0.25) is 0 Å². The molecule has 114 valence electrons.